The van der Waals surface area contributed by atoms with Crippen LogP contribution in [0.4, 0.5) is 5.69 Å². The standard InChI is InChI=1S/C19H22N2O2/c1-15-7-6-10-18(13-15)21(16(2)22)14-19(23)20-12-11-17-8-4-3-5-9-17/h3-10,13H,11-12,14H2,1-2H3,(H,20,23). The third kappa shape index (κ3) is 5.25. The van der Waals surface area contributed by atoms with Gasteiger partial charge in [0, 0.05) is 19.2 Å². The second-order valence-corrected chi connectivity index (χ2v) is 5.53. The number of aryl methyl sites for hydroxylation is 1. The average Bonchev–Trinajstić information content (AvgIpc) is 2.53. The molecule has 0 aliphatic carbocycles. The lowest BCUT2D eigenvalue weighted by atomic mass is 10.1. The quantitative estimate of drug-likeness (QED) is 0.892. The Balaban J connectivity index is 1.90. The summed E-state index contributed by atoms with van der Waals surface area (Å²) in [6, 6.07) is 17.6. The maximum Gasteiger partial charge on any atom is 0.240 e. The molecule has 120 valence electrons. The topological polar surface area (TPSA) is 49.4 Å². The SMILES string of the molecule is CC(=O)N(CC(=O)NCCc1ccccc1)c1cccc(C)c1. The third-order valence-electron chi connectivity index (χ3n) is 3.57. The van der Waals surface area contributed by atoms with Crippen LogP contribution in [-0.4, -0.2) is 24.9 Å². The fraction of sp³-hybridized carbons (Fsp3) is 0.263. The van der Waals surface area contributed by atoms with Crippen LogP contribution >= 0.6 is 0 Å². The van der Waals surface area contributed by atoms with Crippen LogP contribution in [0.5, 0.6) is 0 Å². The van der Waals surface area contributed by atoms with Gasteiger partial charge in [-0.05, 0) is 36.6 Å². The Hall–Kier alpha value is -2.62. The van der Waals surface area contributed by atoms with E-state index in [1.54, 1.807) is 0 Å². The maximum absolute atomic E-state index is 12.1. The maximum atomic E-state index is 12.1. The lowest BCUT2D eigenvalue weighted by Gasteiger charge is -2.21. The van der Waals surface area contributed by atoms with E-state index in [-0.39, 0.29) is 18.4 Å². The van der Waals surface area contributed by atoms with E-state index < -0.39 is 0 Å². The first-order chi connectivity index (χ1) is 11.1. The van der Waals surface area contributed by atoms with Crippen molar-refractivity contribution < 1.29 is 9.59 Å². The molecule has 2 aromatic carbocycles. The first kappa shape index (κ1) is 16.7. The molecule has 0 heterocycles. The van der Waals surface area contributed by atoms with Crippen LogP contribution in [0, 0.1) is 6.92 Å². The molecule has 4 heteroatoms. The number of anilines is 1. The van der Waals surface area contributed by atoms with E-state index in [0.29, 0.717) is 6.54 Å². The van der Waals surface area contributed by atoms with Gasteiger partial charge >= 0.3 is 0 Å². The Bertz CT molecular complexity index is 668. The van der Waals surface area contributed by atoms with Gasteiger partial charge in [0.05, 0.1) is 0 Å². The summed E-state index contributed by atoms with van der Waals surface area (Å²) in [5.41, 5.74) is 2.98. The van der Waals surface area contributed by atoms with Gasteiger partial charge in [-0.3, -0.25) is 9.59 Å². The molecule has 0 atom stereocenters. The zero-order chi connectivity index (χ0) is 16.7. The highest BCUT2D eigenvalue weighted by atomic mass is 16.2. The van der Waals surface area contributed by atoms with Crippen molar-refractivity contribution in [2.45, 2.75) is 20.3 Å². The van der Waals surface area contributed by atoms with E-state index in [4.69, 9.17) is 0 Å². The molecule has 1 N–H and O–H groups in total. The normalized spacial score (nSPS) is 10.2. The molecule has 0 radical (unpaired) electrons. The van der Waals surface area contributed by atoms with Crippen LogP contribution in [0.25, 0.3) is 0 Å². The van der Waals surface area contributed by atoms with Gasteiger partial charge in [-0.2, -0.15) is 0 Å². The lowest BCUT2D eigenvalue weighted by molar-refractivity contribution is -0.123. The molecule has 0 unspecified atom stereocenters. The monoisotopic (exact) mass is 310 g/mol. The second-order valence-electron chi connectivity index (χ2n) is 5.53. The molecule has 0 saturated heterocycles. The van der Waals surface area contributed by atoms with Gasteiger partial charge in [0.2, 0.25) is 11.8 Å². The van der Waals surface area contributed by atoms with Crippen molar-refractivity contribution in [3.63, 3.8) is 0 Å². The summed E-state index contributed by atoms with van der Waals surface area (Å²) in [7, 11) is 0. The number of carbonyl (C=O) groups excluding carboxylic acids is 2. The van der Waals surface area contributed by atoms with Gasteiger partial charge in [-0.1, -0.05) is 42.5 Å². The molecule has 2 amide bonds. The molecule has 2 rings (SSSR count). The van der Waals surface area contributed by atoms with Crippen molar-refractivity contribution in [1.29, 1.82) is 0 Å². The Labute approximate surface area is 137 Å². The molecule has 0 aliphatic heterocycles. The molecule has 4 nitrogen and oxygen atoms in total. The van der Waals surface area contributed by atoms with Crippen molar-refractivity contribution in [1.82, 2.24) is 5.32 Å². The molecule has 0 spiro atoms. The van der Waals surface area contributed by atoms with Crippen LogP contribution < -0.4 is 10.2 Å². The predicted octanol–water partition coefficient (Wildman–Crippen LogP) is 2.71. The molecule has 0 saturated carbocycles. The first-order valence-corrected chi connectivity index (χ1v) is 7.71. The van der Waals surface area contributed by atoms with E-state index in [2.05, 4.69) is 5.32 Å². The summed E-state index contributed by atoms with van der Waals surface area (Å²) in [4.78, 5) is 25.4. The molecule has 2 aromatic rings. The summed E-state index contributed by atoms with van der Waals surface area (Å²) < 4.78 is 0. The van der Waals surface area contributed by atoms with E-state index in [1.807, 2.05) is 61.5 Å². The van der Waals surface area contributed by atoms with E-state index >= 15 is 0 Å². The van der Waals surface area contributed by atoms with E-state index in [1.165, 1.54) is 17.4 Å². The Morgan fingerprint density at radius 3 is 2.43 bits per heavy atom. The van der Waals surface area contributed by atoms with Crippen LogP contribution in [0.3, 0.4) is 0 Å². The number of hydrogen-bond acceptors (Lipinski definition) is 2. The van der Waals surface area contributed by atoms with Crippen molar-refractivity contribution in [3.8, 4) is 0 Å². The van der Waals surface area contributed by atoms with Crippen LogP contribution in [0.15, 0.2) is 54.6 Å². The zero-order valence-corrected chi connectivity index (χ0v) is 13.6. The first-order valence-electron chi connectivity index (χ1n) is 7.71. The molecule has 23 heavy (non-hydrogen) atoms. The van der Waals surface area contributed by atoms with Crippen molar-refractivity contribution in [2.75, 3.05) is 18.0 Å². The Morgan fingerprint density at radius 2 is 1.78 bits per heavy atom. The fourth-order valence-corrected chi connectivity index (χ4v) is 2.37. The van der Waals surface area contributed by atoms with Crippen LogP contribution in [-0.2, 0) is 16.0 Å². The summed E-state index contributed by atoms with van der Waals surface area (Å²) in [6.07, 6.45) is 0.775. The second kappa shape index (κ2) is 8.13. The number of nitrogens with one attached hydrogen (secondary N) is 1. The number of amides is 2. The number of hydrogen-bond donors (Lipinski definition) is 1. The predicted molar refractivity (Wildman–Crippen MR) is 92.4 cm³/mol. The molecule has 0 fully saturated rings. The van der Waals surface area contributed by atoms with Crippen molar-refractivity contribution in [3.05, 3.63) is 65.7 Å². The van der Waals surface area contributed by atoms with Crippen LogP contribution in [0.1, 0.15) is 18.1 Å². The number of rotatable bonds is 6. The molecule has 0 aromatic heterocycles. The summed E-state index contributed by atoms with van der Waals surface area (Å²) >= 11 is 0. The molecular weight excluding hydrogens is 288 g/mol. The van der Waals surface area contributed by atoms with Crippen LogP contribution in [0.2, 0.25) is 0 Å². The molecule has 0 bridgehead atoms. The zero-order valence-electron chi connectivity index (χ0n) is 13.6. The van der Waals surface area contributed by atoms with Gasteiger partial charge < -0.3 is 10.2 Å². The smallest absolute Gasteiger partial charge is 0.240 e. The highest BCUT2D eigenvalue weighted by Gasteiger charge is 2.15. The highest BCUT2D eigenvalue weighted by molar-refractivity contribution is 5.97. The molecular formula is C19H22N2O2. The van der Waals surface area contributed by atoms with Gasteiger partial charge in [-0.15, -0.1) is 0 Å². The molecule has 0 aliphatic rings. The minimum absolute atomic E-state index is 0.0353. The van der Waals surface area contributed by atoms with Gasteiger partial charge in [0.25, 0.3) is 0 Å². The van der Waals surface area contributed by atoms with Gasteiger partial charge in [0.15, 0.2) is 0 Å². The summed E-state index contributed by atoms with van der Waals surface area (Å²) in [5.74, 6) is -0.300. The Morgan fingerprint density at radius 1 is 1.04 bits per heavy atom. The summed E-state index contributed by atoms with van der Waals surface area (Å²) in [5, 5.41) is 2.87. The van der Waals surface area contributed by atoms with E-state index in [0.717, 1.165) is 17.7 Å². The highest BCUT2D eigenvalue weighted by Crippen LogP contribution is 2.15. The van der Waals surface area contributed by atoms with Crippen molar-refractivity contribution >= 4 is 17.5 Å². The Kier molecular flexibility index (Phi) is 5.92. The van der Waals surface area contributed by atoms with Crippen molar-refractivity contribution in [2.24, 2.45) is 0 Å². The fourth-order valence-electron chi connectivity index (χ4n) is 2.37. The third-order valence-corrected chi connectivity index (χ3v) is 3.57. The number of benzene rings is 2. The largest absolute Gasteiger partial charge is 0.354 e. The minimum atomic E-state index is -0.155. The number of nitrogens with zero attached hydrogens (tertiary/aromatic N) is 1. The summed E-state index contributed by atoms with van der Waals surface area (Å²) in [6.45, 7) is 4.03. The van der Waals surface area contributed by atoms with E-state index in [9.17, 15) is 9.59 Å². The van der Waals surface area contributed by atoms with Gasteiger partial charge in [-0.25, -0.2) is 0 Å². The average molecular weight is 310 g/mol. The lowest BCUT2D eigenvalue weighted by Crippen LogP contribution is -2.40. The number of carbonyl (C=O) groups is 2. The minimum Gasteiger partial charge on any atom is -0.354 e. The van der Waals surface area contributed by atoms with Gasteiger partial charge in [0.1, 0.15) is 6.54 Å².